The largest absolute Gasteiger partial charge is 0.379 e. The maximum absolute atomic E-state index is 6.28. The molecule has 0 N–H and O–H groups in total. The molecule has 0 fully saturated rings. The van der Waals surface area contributed by atoms with E-state index in [1.807, 2.05) is 0 Å². The van der Waals surface area contributed by atoms with E-state index < -0.39 is 0 Å². The average molecular weight is 627 g/mol. The molecule has 266 valence electrons. The van der Waals surface area contributed by atoms with Crippen molar-refractivity contribution in [1.82, 2.24) is 0 Å². The number of quaternary nitrogens is 1. The molecule has 0 aliphatic heterocycles. The SMILES string of the molecule is CCCCCCCCCCCCCCCCOCCOCC(C[N+](C)(C)C)OCCCCCCCCCCCCCCCC. The van der Waals surface area contributed by atoms with E-state index in [9.17, 15) is 0 Å². The molecule has 0 aromatic carbocycles. The van der Waals surface area contributed by atoms with Crippen LogP contribution in [0, 0.1) is 0 Å². The molecule has 1 unspecified atom stereocenters. The summed E-state index contributed by atoms with van der Waals surface area (Å²) in [6.07, 6.45) is 39.2. The van der Waals surface area contributed by atoms with Gasteiger partial charge in [0, 0.05) is 13.2 Å². The second kappa shape index (κ2) is 35.7. The van der Waals surface area contributed by atoms with Gasteiger partial charge in [0.15, 0.2) is 0 Å². The molecule has 0 aromatic heterocycles. The standard InChI is InChI=1S/C40H84NO3/c1-6-8-10-12-14-16-18-20-22-24-26-28-30-32-34-42-36-37-43-39-40(38-41(3,4)5)44-35-33-31-29-27-25-23-21-19-17-15-13-11-9-7-2/h40H,6-39H2,1-5H3/q+1. The molecule has 0 rings (SSSR count). The van der Waals surface area contributed by atoms with Crippen LogP contribution in [0.15, 0.2) is 0 Å². The van der Waals surface area contributed by atoms with Crippen LogP contribution in [-0.4, -0.2) is 71.3 Å². The molecule has 0 saturated heterocycles. The zero-order chi connectivity index (χ0) is 32.2. The summed E-state index contributed by atoms with van der Waals surface area (Å²) in [7, 11) is 6.72. The molecule has 44 heavy (non-hydrogen) atoms. The zero-order valence-electron chi connectivity index (χ0n) is 31.3. The molecule has 0 aliphatic carbocycles. The van der Waals surface area contributed by atoms with E-state index in [1.54, 1.807) is 0 Å². The normalized spacial score (nSPS) is 12.8. The maximum Gasteiger partial charge on any atom is 0.130 e. The topological polar surface area (TPSA) is 27.7 Å². The minimum atomic E-state index is 0.169. The van der Waals surface area contributed by atoms with Crippen molar-refractivity contribution < 1.29 is 18.7 Å². The van der Waals surface area contributed by atoms with E-state index in [2.05, 4.69) is 35.0 Å². The molecule has 0 amide bonds. The summed E-state index contributed by atoms with van der Waals surface area (Å²) in [5, 5.41) is 0. The van der Waals surface area contributed by atoms with Gasteiger partial charge in [-0.25, -0.2) is 0 Å². The van der Waals surface area contributed by atoms with Crippen molar-refractivity contribution in [3.05, 3.63) is 0 Å². The Hall–Kier alpha value is -0.160. The first-order valence-electron chi connectivity index (χ1n) is 20.1. The fourth-order valence-electron chi connectivity index (χ4n) is 6.14. The number of nitrogens with zero attached hydrogens (tertiary/aromatic N) is 1. The Kier molecular flexibility index (Phi) is 35.6. The fraction of sp³-hybridized carbons (Fsp3) is 1.00. The van der Waals surface area contributed by atoms with Crippen molar-refractivity contribution in [1.29, 1.82) is 0 Å². The summed E-state index contributed by atoms with van der Waals surface area (Å²) in [5.41, 5.74) is 0. The highest BCUT2D eigenvalue weighted by Crippen LogP contribution is 2.14. The number of ether oxygens (including phenoxy) is 3. The molecule has 0 bridgehead atoms. The zero-order valence-corrected chi connectivity index (χ0v) is 31.3. The molecule has 0 heterocycles. The number of rotatable bonds is 38. The lowest BCUT2D eigenvalue weighted by atomic mass is 10.0. The lowest BCUT2D eigenvalue weighted by Gasteiger charge is -2.29. The van der Waals surface area contributed by atoms with Crippen LogP contribution in [0.5, 0.6) is 0 Å². The first-order chi connectivity index (χ1) is 21.5. The van der Waals surface area contributed by atoms with Gasteiger partial charge in [0.05, 0.1) is 41.0 Å². The van der Waals surface area contributed by atoms with Crippen LogP contribution < -0.4 is 0 Å². The minimum absolute atomic E-state index is 0.169. The summed E-state index contributed by atoms with van der Waals surface area (Å²) in [5.74, 6) is 0. The van der Waals surface area contributed by atoms with Gasteiger partial charge in [0.2, 0.25) is 0 Å². The number of unbranched alkanes of at least 4 members (excludes halogenated alkanes) is 26. The summed E-state index contributed by atoms with van der Waals surface area (Å²) in [4.78, 5) is 0. The summed E-state index contributed by atoms with van der Waals surface area (Å²) in [6, 6.07) is 0. The first kappa shape index (κ1) is 43.8. The molecule has 4 nitrogen and oxygen atoms in total. The Labute approximate surface area is 278 Å². The Balaban J connectivity index is 3.54. The number of hydrogen-bond donors (Lipinski definition) is 0. The van der Waals surface area contributed by atoms with E-state index in [0.717, 1.165) is 24.2 Å². The van der Waals surface area contributed by atoms with Crippen LogP contribution >= 0.6 is 0 Å². The van der Waals surface area contributed by atoms with Crippen molar-refractivity contribution in [3.8, 4) is 0 Å². The highest BCUT2D eigenvalue weighted by Gasteiger charge is 2.19. The van der Waals surface area contributed by atoms with Crippen molar-refractivity contribution >= 4 is 0 Å². The Morgan fingerprint density at radius 1 is 0.364 bits per heavy atom. The van der Waals surface area contributed by atoms with Gasteiger partial charge >= 0.3 is 0 Å². The summed E-state index contributed by atoms with van der Waals surface area (Å²) < 4.78 is 19.0. The van der Waals surface area contributed by atoms with Crippen LogP contribution in [0.4, 0.5) is 0 Å². The van der Waals surface area contributed by atoms with Gasteiger partial charge in [-0.05, 0) is 12.8 Å². The van der Waals surface area contributed by atoms with Crippen LogP contribution in [0.1, 0.15) is 194 Å². The van der Waals surface area contributed by atoms with E-state index in [1.165, 1.54) is 180 Å². The number of hydrogen-bond acceptors (Lipinski definition) is 3. The van der Waals surface area contributed by atoms with Gasteiger partial charge < -0.3 is 18.7 Å². The summed E-state index contributed by atoms with van der Waals surface area (Å²) >= 11 is 0. The quantitative estimate of drug-likeness (QED) is 0.0504. The second-order valence-electron chi connectivity index (χ2n) is 14.8. The van der Waals surface area contributed by atoms with Gasteiger partial charge in [-0.2, -0.15) is 0 Å². The molecule has 0 aliphatic rings. The van der Waals surface area contributed by atoms with E-state index >= 15 is 0 Å². The Morgan fingerprint density at radius 3 is 1.05 bits per heavy atom. The van der Waals surface area contributed by atoms with Crippen molar-refractivity contribution in [2.45, 2.75) is 200 Å². The molecule has 4 heteroatoms. The van der Waals surface area contributed by atoms with Gasteiger partial charge in [0.25, 0.3) is 0 Å². The summed E-state index contributed by atoms with van der Waals surface area (Å²) in [6.45, 7) is 9.37. The van der Waals surface area contributed by atoms with Crippen LogP contribution in [0.2, 0.25) is 0 Å². The van der Waals surface area contributed by atoms with Crippen molar-refractivity contribution in [2.24, 2.45) is 0 Å². The fourth-order valence-corrected chi connectivity index (χ4v) is 6.14. The molecule has 0 spiro atoms. The third-order valence-corrected chi connectivity index (χ3v) is 8.92. The van der Waals surface area contributed by atoms with Crippen LogP contribution in [-0.2, 0) is 14.2 Å². The van der Waals surface area contributed by atoms with Gasteiger partial charge in [0.1, 0.15) is 12.6 Å². The van der Waals surface area contributed by atoms with Crippen LogP contribution in [0.3, 0.4) is 0 Å². The first-order valence-corrected chi connectivity index (χ1v) is 20.1. The number of likely N-dealkylation sites (N-methyl/N-ethyl adjacent to an activating group) is 1. The lowest BCUT2D eigenvalue weighted by Crippen LogP contribution is -2.44. The van der Waals surface area contributed by atoms with Gasteiger partial charge in [-0.1, -0.05) is 181 Å². The smallest absolute Gasteiger partial charge is 0.130 e. The van der Waals surface area contributed by atoms with E-state index in [4.69, 9.17) is 14.2 Å². The highest BCUT2D eigenvalue weighted by atomic mass is 16.5. The Bertz CT molecular complexity index is 521. The van der Waals surface area contributed by atoms with Crippen molar-refractivity contribution in [2.75, 3.05) is 60.7 Å². The molecule has 0 saturated carbocycles. The maximum atomic E-state index is 6.28. The third kappa shape index (κ3) is 38.0. The molecule has 0 aromatic rings. The average Bonchev–Trinajstić information content (AvgIpc) is 2.99. The monoisotopic (exact) mass is 627 g/mol. The predicted molar refractivity (Wildman–Crippen MR) is 195 cm³/mol. The minimum Gasteiger partial charge on any atom is -0.379 e. The predicted octanol–water partition coefficient (Wildman–Crippen LogP) is 12.1. The molecular weight excluding hydrogens is 542 g/mol. The van der Waals surface area contributed by atoms with Crippen molar-refractivity contribution in [3.63, 3.8) is 0 Å². The molecular formula is C40H84NO3+. The highest BCUT2D eigenvalue weighted by molar-refractivity contribution is 4.57. The lowest BCUT2D eigenvalue weighted by molar-refractivity contribution is -0.873. The molecule has 0 radical (unpaired) electrons. The van der Waals surface area contributed by atoms with Gasteiger partial charge in [-0.3, -0.25) is 0 Å². The third-order valence-electron chi connectivity index (χ3n) is 8.92. The second-order valence-corrected chi connectivity index (χ2v) is 14.8. The van der Waals surface area contributed by atoms with Gasteiger partial charge in [-0.15, -0.1) is 0 Å². The Morgan fingerprint density at radius 2 is 0.682 bits per heavy atom. The van der Waals surface area contributed by atoms with E-state index in [-0.39, 0.29) is 6.10 Å². The van der Waals surface area contributed by atoms with Crippen LogP contribution in [0.25, 0.3) is 0 Å². The van der Waals surface area contributed by atoms with E-state index in [0.29, 0.717) is 19.8 Å². The molecule has 1 atom stereocenters.